The van der Waals surface area contributed by atoms with Gasteiger partial charge in [0.15, 0.2) is 0 Å². The number of halogens is 1. The van der Waals surface area contributed by atoms with Crippen LogP contribution in [0.5, 0.6) is 0 Å². The molecule has 6 atom stereocenters. The summed E-state index contributed by atoms with van der Waals surface area (Å²) in [7, 11) is 0. The van der Waals surface area contributed by atoms with E-state index >= 15 is 0 Å². The summed E-state index contributed by atoms with van der Waals surface area (Å²) in [5.41, 5.74) is 7.58. The van der Waals surface area contributed by atoms with Gasteiger partial charge in [-0.2, -0.15) is 10.7 Å². The molecule has 0 spiro atoms. The minimum absolute atomic E-state index is 0.138. The monoisotopic (exact) mass is 621 g/mol. The number of carbonyl (C=O) groups excluding carboxylic acids is 3. The van der Waals surface area contributed by atoms with Crippen molar-refractivity contribution >= 4 is 23.9 Å². The third kappa shape index (κ3) is 7.52. The van der Waals surface area contributed by atoms with Gasteiger partial charge in [0, 0.05) is 12.5 Å². The Bertz CT molecular complexity index is 1130. The molecular weight excluding hydrogens is 573 g/mol. The molecule has 13 nitrogen and oxygen atoms in total. The van der Waals surface area contributed by atoms with Crippen LogP contribution >= 0.6 is 0 Å². The lowest BCUT2D eigenvalue weighted by Gasteiger charge is -2.30. The Morgan fingerprint density at radius 2 is 1.86 bits per heavy atom. The van der Waals surface area contributed by atoms with Crippen LogP contribution in [0.1, 0.15) is 91.4 Å². The molecule has 3 aliphatic heterocycles. The van der Waals surface area contributed by atoms with Gasteiger partial charge in [0.25, 0.3) is 0 Å². The van der Waals surface area contributed by atoms with Crippen LogP contribution in [0.25, 0.3) is 0 Å². The first-order valence-corrected chi connectivity index (χ1v) is 16.1. The molecular formula is C30H48FN7O6. The number of hydrogen-bond acceptors (Lipinski definition) is 9. The third-order valence-electron chi connectivity index (χ3n) is 9.49. The van der Waals surface area contributed by atoms with Crippen LogP contribution in [0.3, 0.4) is 0 Å². The number of aliphatic carboxylic acids is 1. The van der Waals surface area contributed by atoms with E-state index < -0.39 is 53.3 Å². The number of nitrogens with one attached hydrogen (secondary N) is 5. The van der Waals surface area contributed by atoms with Gasteiger partial charge in [-0.05, 0) is 84.5 Å². The lowest BCUT2D eigenvalue weighted by Crippen LogP contribution is -2.56. The summed E-state index contributed by atoms with van der Waals surface area (Å²) in [6, 6.07) is -2.21. The molecule has 2 aliphatic carbocycles. The summed E-state index contributed by atoms with van der Waals surface area (Å²) < 4.78 is 19.2. The number of hydrogen-bond donors (Lipinski definition) is 6. The number of carboxylic acid groups (broad SMARTS) is 1. The highest BCUT2D eigenvalue weighted by Crippen LogP contribution is 2.45. The SMILES string of the molecule is CC(C)(C)OC(=O)N[C@H]1CCCCC/C=C\[C@@H]2C[C@@]2(C(=O)O)NC(=O)[C@@H]2C[C@@H](N3NNC(C4CCC(F)CC4)N3)CN2C1=O. The summed E-state index contributed by atoms with van der Waals surface area (Å²) in [5, 5.41) is 17.4. The van der Waals surface area contributed by atoms with Crippen molar-refractivity contribution in [2.75, 3.05) is 6.54 Å². The maximum atomic E-state index is 14.2. The van der Waals surface area contributed by atoms with Gasteiger partial charge in [0.2, 0.25) is 11.8 Å². The van der Waals surface area contributed by atoms with E-state index in [1.165, 1.54) is 4.90 Å². The Hall–Kier alpha value is -2.81. The number of alkyl halides is 1. The number of ether oxygens (including phenoxy) is 1. The Balaban J connectivity index is 1.36. The van der Waals surface area contributed by atoms with E-state index in [-0.39, 0.29) is 37.0 Å². The molecule has 0 radical (unpaired) electrons. The molecule has 2 saturated heterocycles. The summed E-state index contributed by atoms with van der Waals surface area (Å²) in [6.07, 6.45) is 8.76. The van der Waals surface area contributed by atoms with Gasteiger partial charge in [-0.3, -0.25) is 9.59 Å². The summed E-state index contributed by atoms with van der Waals surface area (Å²) in [6.45, 7) is 5.40. The fourth-order valence-corrected chi connectivity index (χ4v) is 6.90. The normalized spacial score (nSPS) is 38.0. The molecule has 0 aromatic rings. The van der Waals surface area contributed by atoms with Gasteiger partial charge in [-0.1, -0.05) is 25.0 Å². The number of allylic oxidation sites excluding steroid dienone is 1. The number of nitrogens with zero attached hydrogens (tertiary/aromatic N) is 2. The molecule has 44 heavy (non-hydrogen) atoms. The van der Waals surface area contributed by atoms with Crippen molar-refractivity contribution in [2.24, 2.45) is 11.8 Å². The standard InChI is InChI=1S/C30H48FN7O6/c1-29(2,3)44-28(43)32-22-10-8-6-4-5-7-9-19-16-30(19,27(41)42)33-25(39)23-15-21(17-37(23)26(22)40)38-35-24(34-36-38)18-11-13-20(31)14-12-18/h7,9,18-24,34-36H,4-6,8,10-17H2,1-3H3,(H,32,43)(H,33,39)(H,41,42)/b9-7-/t18?,19-,20?,21-,22+,23+,24?,30-/m1/s1. The molecule has 3 amide bonds. The van der Waals surface area contributed by atoms with Gasteiger partial charge in [0.05, 0.1) is 12.2 Å². The van der Waals surface area contributed by atoms with Gasteiger partial charge in [0.1, 0.15) is 29.4 Å². The number of amides is 3. The Labute approximate surface area is 258 Å². The van der Waals surface area contributed by atoms with Crippen LogP contribution in [0.4, 0.5) is 9.18 Å². The van der Waals surface area contributed by atoms with E-state index in [2.05, 4.69) is 27.0 Å². The number of carboxylic acids is 1. The van der Waals surface area contributed by atoms with E-state index in [9.17, 15) is 28.7 Å². The fourth-order valence-electron chi connectivity index (χ4n) is 6.90. The van der Waals surface area contributed by atoms with E-state index in [4.69, 9.17) is 4.74 Å². The van der Waals surface area contributed by atoms with Crippen LogP contribution in [0, 0.1) is 11.8 Å². The molecule has 5 rings (SSSR count). The minimum atomic E-state index is -1.40. The first-order valence-electron chi connectivity index (χ1n) is 16.1. The molecule has 3 heterocycles. The number of alkyl carbamates (subject to hydrolysis) is 1. The molecule has 0 aromatic carbocycles. The van der Waals surface area contributed by atoms with Crippen molar-refractivity contribution in [3.8, 4) is 0 Å². The summed E-state index contributed by atoms with van der Waals surface area (Å²) >= 11 is 0. The average molecular weight is 622 g/mol. The Kier molecular flexibility index (Phi) is 9.83. The zero-order chi connectivity index (χ0) is 31.6. The number of carbonyl (C=O) groups is 4. The second-order valence-corrected chi connectivity index (χ2v) is 14.0. The van der Waals surface area contributed by atoms with Crippen LogP contribution in [0.15, 0.2) is 12.2 Å². The molecule has 4 fully saturated rings. The first kappa shape index (κ1) is 32.6. The number of rotatable bonds is 4. The van der Waals surface area contributed by atoms with Crippen LogP contribution < -0.4 is 27.0 Å². The van der Waals surface area contributed by atoms with Crippen molar-refractivity contribution in [1.29, 1.82) is 0 Å². The fraction of sp³-hybridized carbons (Fsp3) is 0.800. The lowest BCUT2D eigenvalue weighted by molar-refractivity contribution is -0.145. The maximum Gasteiger partial charge on any atom is 0.408 e. The predicted octanol–water partition coefficient (Wildman–Crippen LogP) is 2.01. The van der Waals surface area contributed by atoms with Gasteiger partial charge in [-0.15, -0.1) is 0 Å². The third-order valence-corrected chi connectivity index (χ3v) is 9.49. The Morgan fingerprint density at radius 3 is 2.57 bits per heavy atom. The van der Waals surface area contributed by atoms with Crippen LogP contribution in [-0.4, -0.2) is 87.1 Å². The molecule has 6 N–H and O–H groups in total. The maximum absolute atomic E-state index is 14.2. The van der Waals surface area contributed by atoms with E-state index in [1.807, 2.05) is 12.2 Å². The van der Waals surface area contributed by atoms with Gasteiger partial charge < -0.3 is 25.4 Å². The summed E-state index contributed by atoms with van der Waals surface area (Å²) in [5.74, 6) is -2.14. The van der Waals surface area contributed by atoms with E-state index in [0.29, 0.717) is 32.1 Å². The van der Waals surface area contributed by atoms with Gasteiger partial charge >= 0.3 is 12.1 Å². The lowest BCUT2D eigenvalue weighted by atomic mass is 9.86. The molecule has 1 unspecified atom stereocenters. The van der Waals surface area contributed by atoms with Crippen molar-refractivity contribution in [1.82, 2.24) is 37.0 Å². The van der Waals surface area contributed by atoms with E-state index in [1.54, 1.807) is 25.9 Å². The van der Waals surface area contributed by atoms with Crippen molar-refractivity contribution in [3.05, 3.63) is 12.2 Å². The highest BCUT2D eigenvalue weighted by atomic mass is 19.1. The highest BCUT2D eigenvalue weighted by Gasteiger charge is 2.61. The topological polar surface area (TPSA) is 164 Å². The second-order valence-electron chi connectivity index (χ2n) is 14.0. The average Bonchev–Trinajstić information content (AvgIpc) is 3.26. The van der Waals surface area contributed by atoms with Crippen molar-refractivity contribution in [2.45, 2.75) is 133 Å². The van der Waals surface area contributed by atoms with Crippen molar-refractivity contribution in [3.63, 3.8) is 0 Å². The number of hydrazine groups is 3. The molecule has 0 aromatic heterocycles. The molecule has 246 valence electrons. The quantitative estimate of drug-likeness (QED) is 0.256. The molecule has 2 saturated carbocycles. The van der Waals surface area contributed by atoms with Crippen molar-refractivity contribution < 1.29 is 33.4 Å². The molecule has 5 aliphatic rings. The zero-order valence-electron chi connectivity index (χ0n) is 25.9. The zero-order valence-corrected chi connectivity index (χ0v) is 25.9. The van der Waals surface area contributed by atoms with Gasteiger partial charge in [-0.25, -0.2) is 24.8 Å². The number of fused-ring (bicyclic) bond motifs is 2. The van der Waals surface area contributed by atoms with Crippen LogP contribution in [-0.2, 0) is 19.1 Å². The summed E-state index contributed by atoms with van der Waals surface area (Å²) in [4.78, 5) is 54.6. The highest BCUT2D eigenvalue weighted by molar-refractivity contribution is 5.96. The smallest absolute Gasteiger partial charge is 0.408 e. The molecule has 14 heteroatoms. The Morgan fingerprint density at radius 1 is 1.11 bits per heavy atom. The predicted molar refractivity (Wildman–Crippen MR) is 158 cm³/mol. The molecule has 0 bridgehead atoms. The second kappa shape index (κ2) is 13.3. The minimum Gasteiger partial charge on any atom is -0.479 e. The first-order chi connectivity index (χ1) is 20.9. The van der Waals surface area contributed by atoms with Crippen LogP contribution in [0.2, 0.25) is 0 Å². The largest absolute Gasteiger partial charge is 0.479 e. The van der Waals surface area contributed by atoms with E-state index in [0.717, 1.165) is 32.1 Å².